The van der Waals surface area contributed by atoms with Crippen molar-refractivity contribution in [2.24, 2.45) is 10.3 Å². The Hall–Kier alpha value is -8.82. The fraction of sp³-hybridized carbons (Fsp3) is 0.160. The highest BCUT2D eigenvalue weighted by Crippen LogP contribution is 2.36. The van der Waals surface area contributed by atoms with E-state index in [-0.39, 0.29) is 46.2 Å². The zero-order valence-corrected chi connectivity index (χ0v) is 37.2. The first-order valence-electron chi connectivity index (χ1n) is 20.9. The lowest BCUT2D eigenvalue weighted by Crippen LogP contribution is -2.21. The number of nitrogens with zero attached hydrogens (tertiary/aromatic N) is 3. The van der Waals surface area contributed by atoms with Crippen molar-refractivity contribution in [2.45, 2.75) is 37.2 Å². The van der Waals surface area contributed by atoms with Crippen molar-refractivity contribution >= 4 is 89.5 Å². The number of hydrogen-bond acceptors (Lipinski definition) is 14. The molecule has 0 bridgehead atoms. The largest absolute Gasteiger partial charge is 0.461 e. The summed E-state index contributed by atoms with van der Waals surface area (Å²) in [6.45, 7) is -2.31. The van der Waals surface area contributed by atoms with Gasteiger partial charge in [0.05, 0.1) is 16.0 Å². The SMILES string of the molecule is [N-]=[N+]=Nc1ccc(C(=O)OCC(=O)Oc2ccc(COC(=O)CCCc3ccc4ccc5cccc6ccc3c4c56)cc2C#CCOC(=O)COC(=O)CC(=O)Nc2ccc(S(N)(=O)=O)cc2)cc1. The first kappa shape index (κ1) is 48.1. The van der Waals surface area contributed by atoms with E-state index >= 15 is 0 Å². The summed E-state index contributed by atoms with van der Waals surface area (Å²) in [5.74, 6) is 0.150. The zero-order chi connectivity index (χ0) is 48.9. The molecule has 0 fully saturated rings. The maximum Gasteiger partial charge on any atom is 0.349 e. The lowest BCUT2D eigenvalue weighted by Gasteiger charge is -2.14. The van der Waals surface area contributed by atoms with Crippen LogP contribution in [0.2, 0.25) is 0 Å². The van der Waals surface area contributed by atoms with Crippen LogP contribution in [0.4, 0.5) is 11.4 Å². The lowest BCUT2D eigenvalue weighted by molar-refractivity contribution is -0.158. The molecule has 348 valence electrons. The molecule has 0 heterocycles. The standard InChI is InChI=1S/C50H39N5O13S/c51-55-54-39-17-14-36(15-18-39)50(61)67-30-47(60)68-42-24-9-31(28-65-44(57)8-2-4-32-10-11-35-13-12-33-5-1-6-34-16-23-41(32)49(35)48(33)34)26-37(42)7-3-25-64-46(59)29-66-45(58)27-43(56)53-38-19-21-40(22-20-38)69(52,62)63/h1,5-6,9-24,26H,2,4,8,25,27-30H2,(H,53,56)(H2,52,62,63). The van der Waals surface area contributed by atoms with Gasteiger partial charge in [-0.1, -0.05) is 89.8 Å². The molecule has 0 aromatic heterocycles. The van der Waals surface area contributed by atoms with Gasteiger partial charge in [0.1, 0.15) is 18.8 Å². The first-order valence-corrected chi connectivity index (χ1v) is 22.5. The normalized spacial score (nSPS) is 10.9. The molecule has 0 aliphatic heterocycles. The number of azide groups is 1. The predicted octanol–water partition coefficient (Wildman–Crippen LogP) is 7.47. The van der Waals surface area contributed by atoms with Gasteiger partial charge in [-0.05, 0) is 110 Å². The van der Waals surface area contributed by atoms with E-state index in [1.807, 2.05) is 6.07 Å². The summed E-state index contributed by atoms with van der Waals surface area (Å²) in [7, 11) is -3.94. The quantitative estimate of drug-likeness (QED) is 0.00974. The van der Waals surface area contributed by atoms with Gasteiger partial charge in [0.2, 0.25) is 15.9 Å². The number of nitrogens with two attached hydrogens (primary N) is 1. The van der Waals surface area contributed by atoms with E-state index in [2.05, 4.69) is 75.7 Å². The molecule has 0 atom stereocenters. The molecule has 7 aromatic carbocycles. The maximum atomic E-state index is 13.0. The minimum atomic E-state index is -3.94. The molecule has 0 saturated heterocycles. The summed E-state index contributed by atoms with van der Waals surface area (Å²) in [5, 5.41) is 17.9. The summed E-state index contributed by atoms with van der Waals surface area (Å²) in [5.41, 5.74) is 10.8. The molecule has 0 saturated carbocycles. The highest BCUT2D eigenvalue weighted by atomic mass is 32.2. The molecule has 7 aromatic rings. The highest BCUT2D eigenvalue weighted by molar-refractivity contribution is 7.89. The molecule has 18 nitrogen and oxygen atoms in total. The van der Waals surface area contributed by atoms with Gasteiger partial charge in [-0.2, -0.15) is 0 Å². The predicted molar refractivity (Wildman–Crippen MR) is 250 cm³/mol. The van der Waals surface area contributed by atoms with Crippen LogP contribution in [0.3, 0.4) is 0 Å². The molecule has 19 heteroatoms. The van der Waals surface area contributed by atoms with E-state index in [1.165, 1.54) is 82.2 Å². The Labute approximate surface area is 393 Å². The van der Waals surface area contributed by atoms with Crippen molar-refractivity contribution in [3.8, 4) is 17.6 Å². The molecular formula is C50H39N5O13S. The van der Waals surface area contributed by atoms with E-state index in [0.717, 1.165) is 16.3 Å². The fourth-order valence-corrected chi connectivity index (χ4v) is 7.66. The third-order valence-corrected chi connectivity index (χ3v) is 11.3. The molecule has 0 aliphatic rings. The Balaban J connectivity index is 0.931. The third-order valence-electron chi connectivity index (χ3n) is 10.3. The van der Waals surface area contributed by atoms with Crippen LogP contribution in [0.1, 0.15) is 46.3 Å². The van der Waals surface area contributed by atoms with Crippen molar-refractivity contribution < 1.29 is 60.9 Å². The van der Waals surface area contributed by atoms with E-state index in [0.29, 0.717) is 18.4 Å². The molecule has 3 N–H and O–H groups in total. The highest BCUT2D eigenvalue weighted by Gasteiger charge is 2.17. The number of anilines is 1. The minimum Gasteiger partial charge on any atom is -0.461 e. The van der Waals surface area contributed by atoms with E-state index in [1.54, 1.807) is 6.07 Å². The van der Waals surface area contributed by atoms with Crippen LogP contribution in [0.5, 0.6) is 5.75 Å². The number of aryl methyl sites for hydroxylation is 1. The van der Waals surface area contributed by atoms with Crippen LogP contribution >= 0.6 is 0 Å². The Bertz CT molecular complexity index is 3330. The van der Waals surface area contributed by atoms with E-state index < -0.39 is 72.0 Å². The summed E-state index contributed by atoms with van der Waals surface area (Å²) < 4.78 is 48.8. The van der Waals surface area contributed by atoms with Gasteiger partial charge in [0.15, 0.2) is 19.8 Å². The van der Waals surface area contributed by atoms with Gasteiger partial charge in [-0.25, -0.2) is 27.9 Å². The summed E-state index contributed by atoms with van der Waals surface area (Å²) >= 11 is 0. The van der Waals surface area contributed by atoms with Crippen LogP contribution in [-0.4, -0.2) is 64.0 Å². The van der Waals surface area contributed by atoms with Gasteiger partial charge >= 0.3 is 29.8 Å². The third kappa shape index (κ3) is 13.0. The van der Waals surface area contributed by atoms with Gasteiger partial charge in [0.25, 0.3) is 0 Å². The van der Waals surface area contributed by atoms with Crippen LogP contribution in [-0.2, 0) is 66.0 Å². The topological polar surface area (TPSA) is 270 Å². The van der Waals surface area contributed by atoms with Crippen LogP contribution in [0.25, 0.3) is 42.8 Å². The van der Waals surface area contributed by atoms with Crippen molar-refractivity contribution in [2.75, 3.05) is 25.1 Å². The molecule has 0 radical (unpaired) electrons. The molecule has 0 spiro atoms. The number of benzene rings is 7. The Kier molecular flexibility index (Phi) is 15.4. The number of ether oxygens (including phenoxy) is 5. The number of carbonyl (C=O) groups is 6. The number of primary sulfonamides is 1. The van der Waals surface area contributed by atoms with Gasteiger partial charge in [-0.15, -0.1) is 0 Å². The van der Waals surface area contributed by atoms with E-state index in [4.69, 9.17) is 34.4 Å². The van der Waals surface area contributed by atoms with Gasteiger partial charge in [0, 0.05) is 22.7 Å². The monoisotopic (exact) mass is 949 g/mol. The lowest BCUT2D eigenvalue weighted by atomic mass is 9.90. The summed E-state index contributed by atoms with van der Waals surface area (Å²) in [6, 6.07) is 33.7. The fourth-order valence-electron chi connectivity index (χ4n) is 7.15. The maximum absolute atomic E-state index is 13.0. The number of sulfonamides is 1. The number of carbonyl (C=O) groups excluding carboxylic acids is 6. The molecule has 0 aliphatic carbocycles. The van der Waals surface area contributed by atoms with Crippen molar-refractivity contribution in [1.29, 1.82) is 0 Å². The Morgan fingerprint density at radius 3 is 2.13 bits per heavy atom. The average molecular weight is 950 g/mol. The number of amides is 1. The summed E-state index contributed by atoms with van der Waals surface area (Å²) in [6.07, 6.45) is 0.561. The van der Waals surface area contributed by atoms with Gasteiger partial charge in [-0.3, -0.25) is 14.4 Å². The van der Waals surface area contributed by atoms with Gasteiger partial charge < -0.3 is 29.0 Å². The Morgan fingerprint density at radius 1 is 0.710 bits per heavy atom. The molecule has 1 amide bonds. The second kappa shape index (κ2) is 22.1. The second-order valence-corrected chi connectivity index (χ2v) is 16.7. The van der Waals surface area contributed by atoms with Crippen molar-refractivity contribution in [1.82, 2.24) is 0 Å². The van der Waals surface area contributed by atoms with Crippen LogP contribution in [0.15, 0.2) is 131 Å². The molecular weight excluding hydrogens is 911 g/mol. The molecule has 7 rings (SSSR count). The van der Waals surface area contributed by atoms with Crippen molar-refractivity contribution in [3.05, 3.63) is 154 Å². The first-order chi connectivity index (χ1) is 33.2. The number of rotatable bonds is 18. The average Bonchev–Trinajstić information content (AvgIpc) is 3.33. The molecule has 0 unspecified atom stereocenters. The van der Waals surface area contributed by atoms with E-state index in [9.17, 15) is 37.2 Å². The number of esters is 5. The Morgan fingerprint density at radius 2 is 1.41 bits per heavy atom. The van der Waals surface area contributed by atoms with Crippen molar-refractivity contribution in [3.63, 3.8) is 0 Å². The zero-order valence-electron chi connectivity index (χ0n) is 36.3. The number of nitrogens with one attached hydrogen (secondary N) is 1. The molecule has 69 heavy (non-hydrogen) atoms. The van der Waals surface area contributed by atoms with Crippen LogP contribution in [0, 0.1) is 11.8 Å². The number of hydrogen-bond donors (Lipinski definition) is 2. The van der Waals surface area contributed by atoms with Crippen LogP contribution < -0.4 is 15.2 Å². The minimum absolute atomic E-state index is 0.0653. The second-order valence-electron chi connectivity index (χ2n) is 15.1. The summed E-state index contributed by atoms with van der Waals surface area (Å²) in [4.78, 5) is 77.5. The smallest absolute Gasteiger partial charge is 0.349 e.